The maximum absolute atomic E-state index is 9.70. The van der Waals surface area contributed by atoms with Gasteiger partial charge in [0.2, 0.25) is 0 Å². The Bertz CT molecular complexity index is 458. The van der Waals surface area contributed by atoms with E-state index < -0.39 is 6.10 Å². The minimum Gasteiger partial charge on any atom is -0.389 e. The summed E-state index contributed by atoms with van der Waals surface area (Å²) in [5, 5.41) is 12.0. The van der Waals surface area contributed by atoms with Crippen molar-refractivity contribution >= 4 is 10.8 Å². The van der Waals surface area contributed by atoms with E-state index in [4.69, 9.17) is 0 Å². The van der Waals surface area contributed by atoms with E-state index in [1.165, 1.54) is 5.39 Å². The molecule has 0 aliphatic carbocycles. The zero-order valence-corrected chi connectivity index (χ0v) is 8.49. The van der Waals surface area contributed by atoms with Crippen LogP contribution in [0.25, 0.3) is 10.8 Å². The highest BCUT2D eigenvalue weighted by Gasteiger charge is 2.08. The minimum atomic E-state index is -0.402. The summed E-state index contributed by atoms with van der Waals surface area (Å²) in [5.74, 6) is 0. The second kappa shape index (κ2) is 3.43. The van der Waals surface area contributed by atoms with Crippen molar-refractivity contribution in [3.05, 3.63) is 47.5 Å². The molecule has 0 spiro atoms. The minimum absolute atomic E-state index is 0.402. The standard InChI is InChI=1S/C13H14O/c1-9-7-8-11-5-3-4-6-12(11)13(9)10(2)14/h3-8,10,14H,1-2H3/t10-/m0/s1. The molecule has 0 saturated heterocycles. The lowest BCUT2D eigenvalue weighted by Gasteiger charge is -2.12. The third kappa shape index (κ3) is 1.40. The van der Waals surface area contributed by atoms with E-state index in [1.54, 1.807) is 0 Å². The van der Waals surface area contributed by atoms with Gasteiger partial charge in [0.15, 0.2) is 0 Å². The summed E-state index contributed by atoms with van der Waals surface area (Å²) in [7, 11) is 0. The third-order valence-electron chi connectivity index (χ3n) is 2.61. The number of rotatable bonds is 1. The van der Waals surface area contributed by atoms with Crippen LogP contribution in [0, 0.1) is 6.92 Å². The first-order valence-electron chi connectivity index (χ1n) is 4.86. The van der Waals surface area contributed by atoms with Gasteiger partial charge in [0.25, 0.3) is 0 Å². The molecular weight excluding hydrogens is 172 g/mol. The Balaban J connectivity index is 2.83. The molecule has 0 aromatic heterocycles. The summed E-state index contributed by atoms with van der Waals surface area (Å²) in [6.45, 7) is 3.85. The van der Waals surface area contributed by atoms with Crippen LogP contribution >= 0.6 is 0 Å². The van der Waals surface area contributed by atoms with Crippen LogP contribution in [0.15, 0.2) is 36.4 Å². The van der Waals surface area contributed by atoms with Gasteiger partial charge in [-0.15, -0.1) is 0 Å². The smallest absolute Gasteiger partial charge is 0.0770 e. The Morgan fingerprint density at radius 3 is 2.50 bits per heavy atom. The van der Waals surface area contributed by atoms with Crippen molar-refractivity contribution in [2.24, 2.45) is 0 Å². The molecule has 0 heterocycles. The normalized spacial score (nSPS) is 13.1. The number of hydrogen-bond donors (Lipinski definition) is 1. The molecule has 0 amide bonds. The molecular formula is C13H14O. The van der Waals surface area contributed by atoms with Gasteiger partial charge >= 0.3 is 0 Å². The lowest BCUT2D eigenvalue weighted by Crippen LogP contribution is -1.96. The molecule has 14 heavy (non-hydrogen) atoms. The molecule has 2 aromatic carbocycles. The molecule has 0 aliphatic heterocycles. The molecule has 1 N–H and O–H groups in total. The summed E-state index contributed by atoms with van der Waals surface area (Å²) in [5.41, 5.74) is 2.20. The SMILES string of the molecule is Cc1ccc2ccccc2c1[C@H](C)O. The number of benzene rings is 2. The highest BCUT2D eigenvalue weighted by molar-refractivity contribution is 5.87. The van der Waals surface area contributed by atoms with E-state index in [0.29, 0.717) is 0 Å². The van der Waals surface area contributed by atoms with Crippen LogP contribution in [0.5, 0.6) is 0 Å². The van der Waals surface area contributed by atoms with Crippen molar-refractivity contribution in [3.8, 4) is 0 Å². The van der Waals surface area contributed by atoms with Gasteiger partial charge in [0, 0.05) is 0 Å². The fourth-order valence-electron chi connectivity index (χ4n) is 1.96. The van der Waals surface area contributed by atoms with Gasteiger partial charge < -0.3 is 5.11 Å². The van der Waals surface area contributed by atoms with Crippen molar-refractivity contribution in [3.63, 3.8) is 0 Å². The molecule has 0 saturated carbocycles. The number of aryl methyl sites for hydroxylation is 1. The second-order valence-electron chi connectivity index (χ2n) is 3.69. The van der Waals surface area contributed by atoms with Gasteiger partial charge in [-0.2, -0.15) is 0 Å². The van der Waals surface area contributed by atoms with Crippen LogP contribution in [0.4, 0.5) is 0 Å². The maximum atomic E-state index is 9.70. The van der Waals surface area contributed by atoms with Crippen LogP contribution in [0.1, 0.15) is 24.2 Å². The number of aliphatic hydroxyl groups excluding tert-OH is 1. The summed E-state index contributed by atoms with van der Waals surface area (Å²) in [6.07, 6.45) is -0.402. The van der Waals surface area contributed by atoms with Gasteiger partial charge in [0.1, 0.15) is 0 Å². The van der Waals surface area contributed by atoms with Crippen molar-refractivity contribution in [1.82, 2.24) is 0 Å². The number of hydrogen-bond acceptors (Lipinski definition) is 1. The average molecular weight is 186 g/mol. The number of aliphatic hydroxyl groups is 1. The van der Waals surface area contributed by atoms with E-state index in [0.717, 1.165) is 16.5 Å². The lowest BCUT2D eigenvalue weighted by molar-refractivity contribution is 0.200. The Hall–Kier alpha value is -1.34. The Morgan fingerprint density at radius 1 is 1.07 bits per heavy atom. The lowest BCUT2D eigenvalue weighted by atomic mass is 9.96. The first-order chi connectivity index (χ1) is 6.70. The molecule has 2 aromatic rings. The van der Waals surface area contributed by atoms with Crippen molar-refractivity contribution in [1.29, 1.82) is 0 Å². The molecule has 72 valence electrons. The van der Waals surface area contributed by atoms with E-state index >= 15 is 0 Å². The average Bonchev–Trinajstić information content (AvgIpc) is 2.17. The molecule has 0 fully saturated rings. The predicted molar refractivity (Wildman–Crippen MR) is 59.3 cm³/mol. The predicted octanol–water partition coefficient (Wildman–Crippen LogP) is 3.20. The van der Waals surface area contributed by atoms with E-state index in [-0.39, 0.29) is 0 Å². The van der Waals surface area contributed by atoms with Crippen LogP contribution in [-0.4, -0.2) is 5.11 Å². The molecule has 0 aliphatic rings. The highest BCUT2D eigenvalue weighted by Crippen LogP contribution is 2.27. The zero-order chi connectivity index (χ0) is 10.1. The Morgan fingerprint density at radius 2 is 1.79 bits per heavy atom. The van der Waals surface area contributed by atoms with Gasteiger partial charge in [0.05, 0.1) is 6.10 Å². The molecule has 2 rings (SSSR count). The van der Waals surface area contributed by atoms with Crippen LogP contribution in [0.2, 0.25) is 0 Å². The maximum Gasteiger partial charge on any atom is 0.0770 e. The zero-order valence-electron chi connectivity index (χ0n) is 8.49. The van der Waals surface area contributed by atoms with Crippen LogP contribution < -0.4 is 0 Å². The largest absolute Gasteiger partial charge is 0.389 e. The van der Waals surface area contributed by atoms with Gasteiger partial charge in [-0.05, 0) is 35.7 Å². The summed E-state index contributed by atoms with van der Waals surface area (Å²) < 4.78 is 0. The fourth-order valence-corrected chi connectivity index (χ4v) is 1.96. The molecule has 1 nitrogen and oxygen atoms in total. The number of fused-ring (bicyclic) bond motifs is 1. The quantitative estimate of drug-likeness (QED) is 0.725. The second-order valence-corrected chi connectivity index (χ2v) is 3.69. The Labute approximate surface area is 84.0 Å². The monoisotopic (exact) mass is 186 g/mol. The highest BCUT2D eigenvalue weighted by atomic mass is 16.3. The van der Waals surface area contributed by atoms with Crippen LogP contribution in [0.3, 0.4) is 0 Å². The topological polar surface area (TPSA) is 20.2 Å². The van der Waals surface area contributed by atoms with Gasteiger partial charge in [-0.1, -0.05) is 36.4 Å². The first-order valence-corrected chi connectivity index (χ1v) is 4.86. The van der Waals surface area contributed by atoms with Crippen molar-refractivity contribution in [2.45, 2.75) is 20.0 Å². The van der Waals surface area contributed by atoms with E-state index in [1.807, 2.05) is 26.0 Å². The van der Waals surface area contributed by atoms with Crippen LogP contribution in [-0.2, 0) is 0 Å². The van der Waals surface area contributed by atoms with E-state index in [9.17, 15) is 5.11 Å². The van der Waals surface area contributed by atoms with Crippen molar-refractivity contribution in [2.75, 3.05) is 0 Å². The summed E-state index contributed by atoms with van der Waals surface area (Å²) in [6, 6.07) is 12.3. The van der Waals surface area contributed by atoms with Gasteiger partial charge in [-0.25, -0.2) is 0 Å². The molecule has 0 radical (unpaired) electrons. The molecule has 0 unspecified atom stereocenters. The Kier molecular flexibility index (Phi) is 2.26. The fraction of sp³-hybridized carbons (Fsp3) is 0.231. The van der Waals surface area contributed by atoms with Gasteiger partial charge in [-0.3, -0.25) is 0 Å². The molecule has 1 atom stereocenters. The van der Waals surface area contributed by atoms with Crippen molar-refractivity contribution < 1.29 is 5.11 Å². The van der Waals surface area contributed by atoms with E-state index in [2.05, 4.69) is 24.3 Å². The molecule has 0 bridgehead atoms. The third-order valence-corrected chi connectivity index (χ3v) is 2.61. The first kappa shape index (κ1) is 9.22. The summed E-state index contributed by atoms with van der Waals surface area (Å²) >= 11 is 0. The molecule has 1 heteroatoms. The summed E-state index contributed by atoms with van der Waals surface area (Å²) in [4.78, 5) is 0.